The average molecular weight is 280 g/mol. The quantitative estimate of drug-likeness (QED) is 0.795. The first-order valence-corrected chi connectivity index (χ1v) is 7.09. The van der Waals surface area contributed by atoms with E-state index in [4.69, 9.17) is 15.2 Å². The molecule has 4 nitrogen and oxygen atoms in total. The summed E-state index contributed by atoms with van der Waals surface area (Å²) in [5, 5.41) is 0. The minimum atomic E-state index is 0.132. The Morgan fingerprint density at radius 2 is 1.80 bits per heavy atom. The summed E-state index contributed by atoms with van der Waals surface area (Å²) in [6, 6.07) is 6.08. The van der Waals surface area contributed by atoms with Crippen molar-refractivity contribution in [3.63, 3.8) is 0 Å². The molecular weight excluding hydrogens is 252 g/mol. The third-order valence-electron chi connectivity index (χ3n) is 3.51. The van der Waals surface area contributed by atoms with Crippen molar-refractivity contribution in [1.29, 1.82) is 0 Å². The molecule has 0 unspecified atom stereocenters. The number of hydrogen-bond acceptors (Lipinski definition) is 4. The second kappa shape index (κ2) is 7.50. The van der Waals surface area contributed by atoms with Crippen molar-refractivity contribution in [2.75, 3.05) is 33.9 Å². The first kappa shape index (κ1) is 16.8. The molecule has 0 aliphatic rings. The van der Waals surface area contributed by atoms with Gasteiger partial charge in [0.25, 0.3) is 0 Å². The summed E-state index contributed by atoms with van der Waals surface area (Å²) in [5.74, 6) is 1.54. The summed E-state index contributed by atoms with van der Waals surface area (Å²) in [6.45, 7) is 10.1. The number of methoxy groups -OCH3 is 2. The molecule has 0 saturated heterocycles. The second-order valence-electron chi connectivity index (χ2n) is 5.86. The molecule has 0 heterocycles. The van der Waals surface area contributed by atoms with Gasteiger partial charge in [0.1, 0.15) is 0 Å². The highest BCUT2D eigenvalue weighted by Crippen LogP contribution is 2.28. The van der Waals surface area contributed by atoms with E-state index in [0.29, 0.717) is 6.54 Å². The molecule has 0 atom stereocenters. The fourth-order valence-corrected chi connectivity index (χ4v) is 2.19. The third-order valence-corrected chi connectivity index (χ3v) is 3.51. The Bertz CT molecular complexity index is 419. The van der Waals surface area contributed by atoms with Crippen LogP contribution >= 0.6 is 0 Å². The Labute approximate surface area is 122 Å². The first-order valence-electron chi connectivity index (χ1n) is 7.09. The van der Waals surface area contributed by atoms with E-state index in [-0.39, 0.29) is 5.41 Å². The van der Waals surface area contributed by atoms with Gasteiger partial charge in [-0.25, -0.2) is 0 Å². The minimum Gasteiger partial charge on any atom is -0.493 e. The Morgan fingerprint density at radius 1 is 1.15 bits per heavy atom. The van der Waals surface area contributed by atoms with E-state index in [1.165, 1.54) is 5.56 Å². The molecule has 0 aliphatic carbocycles. The molecule has 20 heavy (non-hydrogen) atoms. The number of nitrogens with two attached hydrogens (primary N) is 1. The predicted octanol–water partition coefficient (Wildman–Crippen LogP) is 2.51. The Balaban J connectivity index is 2.80. The molecule has 0 aromatic heterocycles. The normalized spacial score (nSPS) is 11.8. The zero-order valence-corrected chi connectivity index (χ0v) is 13.4. The summed E-state index contributed by atoms with van der Waals surface area (Å²) in [6.07, 6.45) is 0. The van der Waals surface area contributed by atoms with Gasteiger partial charge in [0.2, 0.25) is 0 Å². The molecule has 2 N–H and O–H groups in total. The van der Waals surface area contributed by atoms with Crippen molar-refractivity contribution >= 4 is 0 Å². The van der Waals surface area contributed by atoms with Crippen LogP contribution in [0.3, 0.4) is 0 Å². The van der Waals surface area contributed by atoms with Gasteiger partial charge >= 0.3 is 0 Å². The van der Waals surface area contributed by atoms with Gasteiger partial charge in [-0.3, -0.25) is 4.90 Å². The maximum atomic E-state index is 5.82. The zero-order valence-electron chi connectivity index (χ0n) is 13.4. The van der Waals surface area contributed by atoms with Crippen molar-refractivity contribution in [3.05, 3.63) is 23.8 Å². The second-order valence-corrected chi connectivity index (χ2v) is 5.86. The van der Waals surface area contributed by atoms with Crippen LogP contribution < -0.4 is 15.2 Å². The van der Waals surface area contributed by atoms with Gasteiger partial charge in [-0.05, 0) is 36.2 Å². The average Bonchev–Trinajstić information content (AvgIpc) is 2.46. The molecule has 0 aliphatic heterocycles. The molecule has 1 aromatic rings. The van der Waals surface area contributed by atoms with Gasteiger partial charge in [-0.1, -0.05) is 26.8 Å². The molecule has 0 saturated carbocycles. The summed E-state index contributed by atoms with van der Waals surface area (Å²) in [5.41, 5.74) is 7.17. The van der Waals surface area contributed by atoms with Crippen molar-refractivity contribution in [2.45, 2.75) is 27.3 Å². The van der Waals surface area contributed by atoms with Gasteiger partial charge in [-0.15, -0.1) is 0 Å². The fourth-order valence-electron chi connectivity index (χ4n) is 2.19. The highest BCUT2D eigenvalue weighted by atomic mass is 16.5. The maximum absolute atomic E-state index is 5.82. The lowest BCUT2D eigenvalue weighted by molar-refractivity contribution is 0.183. The van der Waals surface area contributed by atoms with Crippen molar-refractivity contribution in [1.82, 2.24) is 4.90 Å². The van der Waals surface area contributed by atoms with E-state index >= 15 is 0 Å². The van der Waals surface area contributed by atoms with Crippen LogP contribution in [0.25, 0.3) is 0 Å². The van der Waals surface area contributed by atoms with Crippen molar-refractivity contribution < 1.29 is 9.47 Å². The molecule has 0 bridgehead atoms. The Hall–Kier alpha value is -1.26. The Kier molecular flexibility index (Phi) is 6.30. The first-order chi connectivity index (χ1) is 9.45. The molecule has 0 radical (unpaired) electrons. The van der Waals surface area contributed by atoms with Gasteiger partial charge in [0.15, 0.2) is 11.5 Å². The lowest BCUT2D eigenvalue weighted by Crippen LogP contribution is -2.38. The van der Waals surface area contributed by atoms with Crippen LogP contribution in [0.4, 0.5) is 0 Å². The van der Waals surface area contributed by atoms with Crippen LogP contribution in [0.1, 0.15) is 26.3 Å². The van der Waals surface area contributed by atoms with E-state index in [2.05, 4.69) is 31.7 Å². The predicted molar refractivity (Wildman–Crippen MR) is 83.3 cm³/mol. The Morgan fingerprint density at radius 3 is 2.30 bits per heavy atom. The number of ether oxygens (including phenoxy) is 2. The van der Waals surface area contributed by atoms with Crippen LogP contribution in [-0.2, 0) is 6.54 Å². The smallest absolute Gasteiger partial charge is 0.161 e. The number of hydrogen-bond donors (Lipinski definition) is 1. The highest BCUT2D eigenvalue weighted by Gasteiger charge is 2.19. The van der Waals surface area contributed by atoms with Crippen molar-refractivity contribution in [3.8, 4) is 11.5 Å². The molecule has 0 spiro atoms. The number of rotatable bonds is 8. The van der Waals surface area contributed by atoms with Crippen LogP contribution in [-0.4, -0.2) is 38.8 Å². The van der Waals surface area contributed by atoms with E-state index in [0.717, 1.165) is 31.1 Å². The summed E-state index contributed by atoms with van der Waals surface area (Å²) in [4.78, 5) is 2.40. The van der Waals surface area contributed by atoms with Crippen LogP contribution in [0.5, 0.6) is 11.5 Å². The monoisotopic (exact) mass is 280 g/mol. The lowest BCUT2D eigenvalue weighted by atomic mass is 9.93. The van der Waals surface area contributed by atoms with Gasteiger partial charge in [-0.2, -0.15) is 0 Å². The third kappa shape index (κ3) is 4.69. The lowest BCUT2D eigenvalue weighted by Gasteiger charge is -2.31. The minimum absolute atomic E-state index is 0.132. The van der Waals surface area contributed by atoms with E-state index in [1.54, 1.807) is 14.2 Å². The van der Waals surface area contributed by atoms with E-state index < -0.39 is 0 Å². The van der Waals surface area contributed by atoms with Crippen molar-refractivity contribution in [2.24, 2.45) is 11.1 Å². The number of nitrogens with zero attached hydrogens (tertiary/aromatic N) is 1. The molecule has 114 valence electrons. The van der Waals surface area contributed by atoms with Gasteiger partial charge in [0.05, 0.1) is 14.2 Å². The van der Waals surface area contributed by atoms with Crippen LogP contribution in [0.15, 0.2) is 18.2 Å². The topological polar surface area (TPSA) is 47.7 Å². The standard InChI is InChI=1S/C16H28N2O2/c1-6-18(12-16(2,3)11-17)10-13-7-8-14(19-4)15(9-13)20-5/h7-9H,6,10-12,17H2,1-5H3. The summed E-state index contributed by atoms with van der Waals surface area (Å²) in [7, 11) is 3.32. The van der Waals surface area contributed by atoms with E-state index in [9.17, 15) is 0 Å². The summed E-state index contributed by atoms with van der Waals surface area (Å²) >= 11 is 0. The largest absolute Gasteiger partial charge is 0.493 e. The van der Waals surface area contributed by atoms with Gasteiger partial charge < -0.3 is 15.2 Å². The summed E-state index contributed by atoms with van der Waals surface area (Å²) < 4.78 is 10.6. The molecule has 0 amide bonds. The van der Waals surface area contributed by atoms with Crippen LogP contribution in [0.2, 0.25) is 0 Å². The molecular formula is C16H28N2O2. The number of benzene rings is 1. The molecule has 0 fully saturated rings. The zero-order chi connectivity index (χ0) is 15.2. The SMILES string of the molecule is CCN(Cc1ccc(OC)c(OC)c1)CC(C)(C)CN. The molecule has 4 heteroatoms. The van der Waals surface area contributed by atoms with E-state index in [1.807, 2.05) is 12.1 Å². The highest BCUT2D eigenvalue weighted by molar-refractivity contribution is 5.42. The fraction of sp³-hybridized carbons (Fsp3) is 0.625. The maximum Gasteiger partial charge on any atom is 0.161 e. The molecule has 1 rings (SSSR count). The van der Waals surface area contributed by atoms with Crippen LogP contribution in [0, 0.1) is 5.41 Å². The molecule has 1 aromatic carbocycles. The van der Waals surface area contributed by atoms with Gasteiger partial charge in [0, 0.05) is 13.1 Å².